The Morgan fingerprint density at radius 3 is 2.89 bits per heavy atom. The van der Waals surface area contributed by atoms with Gasteiger partial charge in [-0.1, -0.05) is 6.07 Å². The number of aromatic nitrogens is 1. The molecule has 0 aliphatic carbocycles. The van der Waals surface area contributed by atoms with Gasteiger partial charge in [0.05, 0.1) is 12.9 Å². The number of carbonyl (C=O) groups is 1. The molecule has 1 aliphatic heterocycles. The Balaban J connectivity index is 2.15. The van der Waals surface area contributed by atoms with Gasteiger partial charge >= 0.3 is 0 Å². The minimum Gasteiger partial charge on any atom is -0.481 e. The maximum Gasteiger partial charge on any atom is 0.228 e. The topological polar surface area (TPSA) is 103 Å². The van der Waals surface area contributed by atoms with Gasteiger partial charge < -0.3 is 4.74 Å². The lowest BCUT2D eigenvalue weighted by Crippen LogP contribution is -2.28. The predicted molar refractivity (Wildman–Crippen MR) is 69.2 cm³/mol. The molecule has 1 aromatic heterocycles. The summed E-state index contributed by atoms with van der Waals surface area (Å²) >= 11 is 0. The van der Waals surface area contributed by atoms with E-state index < -0.39 is 10.0 Å². The fourth-order valence-corrected chi connectivity index (χ4v) is 2.99. The van der Waals surface area contributed by atoms with E-state index in [0.29, 0.717) is 18.2 Å². The van der Waals surface area contributed by atoms with E-state index in [1.165, 1.54) is 12.0 Å². The third-order valence-corrected chi connectivity index (χ3v) is 3.80. The van der Waals surface area contributed by atoms with Crippen molar-refractivity contribution in [3.05, 3.63) is 18.2 Å². The Bertz CT molecular complexity index is 587. The number of primary sulfonamides is 1. The Morgan fingerprint density at radius 1 is 1.53 bits per heavy atom. The molecule has 1 amide bonds. The minimum atomic E-state index is -3.57. The van der Waals surface area contributed by atoms with E-state index in [-0.39, 0.29) is 24.0 Å². The molecule has 1 unspecified atom stereocenters. The van der Waals surface area contributed by atoms with Crippen molar-refractivity contribution in [3.63, 3.8) is 0 Å². The van der Waals surface area contributed by atoms with Gasteiger partial charge in [-0.25, -0.2) is 13.6 Å². The fraction of sp³-hybridized carbons (Fsp3) is 0.455. The van der Waals surface area contributed by atoms with E-state index >= 15 is 0 Å². The van der Waals surface area contributed by atoms with Crippen LogP contribution >= 0.6 is 0 Å². The van der Waals surface area contributed by atoms with Crippen molar-refractivity contribution in [1.29, 1.82) is 0 Å². The number of carbonyl (C=O) groups excluding carboxylic acids is 1. The lowest BCUT2D eigenvalue weighted by atomic mass is 10.1. The normalized spacial score (nSPS) is 19.8. The molecule has 0 saturated carbocycles. The predicted octanol–water partition coefficient (Wildman–Crippen LogP) is -0.268. The maximum atomic E-state index is 11.9. The molecule has 104 valence electrons. The third kappa shape index (κ3) is 3.42. The highest BCUT2D eigenvalue weighted by molar-refractivity contribution is 7.89. The molecular formula is C11H15N3O4S. The quantitative estimate of drug-likeness (QED) is 0.820. The van der Waals surface area contributed by atoms with Crippen LogP contribution in [0, 0.1) is 5.92 Å². The van der Waals surface area contributed by atoms with Gasteiger partial charge in [-0.3, -0.25) is 9.69 Å². The first-order valence-electron chi connectivity index (χ1n) is 5.71. The van der Waals surface area contributed by atoms with Gasteiger partial charge in [-0.05, 0) is 6.07 Å². The molecule has 1 saturated heterocycles. The first-order chi connectivity index (χ1) is 8.89. The molecular weight excluding hydrogens is 270 g/mol. The number of nitrogens with zero attached hydrogens (tertiary/aromatic N) is 2. The highest BCUT2D eigenvalue weighted by atomic mass is 32.2. The molecule has 8 heteroatoms. The Morgan fingerprint density at radius 2 is 2.26 bits per heavy atom. The molecule has 0 radical (unpaired) electrons. The summed E-state index contributed by atoms with van der Waals surface area (Å²) in [5.41, 5.74) is 0. The molecule has 7 nitrogen and oxygen atoms in total. The summed E-state index contributed by atoms with van der Waals surface area (Å²) in [7, 11) is -2.09. The van der Waals surface area contributed by atoms with E-state index in [9.17, 15) is 13.2 Å². The van der Waals surface area contributed by atoms with Crippen molar-refractivity contribution in [1.82, 2.24) is 4.98 Å². The number of ether oxygens (including phenoxy) is 1. The highest BCUT2D eigenvalue weighted by Gasteiger charge is 2.33. The average molecular weight is 285 g/mol. The van der Waals surface area contributed by atoms with Gasteiger partial charge in [-0.2, -0.15) is 4.98 Å². The summed E-state index contributed by atoms with van der Waals surface area (Å²) in [6.07, 6.45) is 0.162. The van der Waals surface area contributed by atoms with Crippen LogP contribution in [-0.4, -0.2) is 38.7 Å². The van der Waals surface area contributed by atoms with Gasteiger partial charge in [0.2, 0.25) is 21.8 Å². The summed E-state index contributed by atoms with van der Waals surface area (Å²) in [5, 5.41) is 5.00. The zero-order chi connectivity index (χ0) is 14.0. The van der Waals surface area contributed by atoms with Crippen LogP contribution < -0.4 is 14.8 Å². The highest BCUT2D eigenvalue weighted by Crippen LogP contribution is 2.25. The monoisotopic (exact) mass is 285 g/mol. The van der Waals surface area contributed by atoms with Crippen LogP contribution in [0.15, 0.2) is 18.2 Å². The van der Waals surface area contributed by atoms with Crippen molar-refractivity contribution >= 4 is 21.7 Å². The van der Waals surface area contributed by atoms with Crippen LogP contribution in [0.2, 0.25) is 0 Å². The van der Waals surface area contributed by atoms with E-state index in [1.54, 1.807) is 18.2 Å². The Labute approximate surface area is 111 Å². The lowest BCUT2D eigenvalue weighted by molar-refractivity contribution is -0.117. The van der Waals surface area contributed by atoms with Crippen LogP contribution in [-0.2, 0) is 14.8 Å². The molecule has 0 aromatic carbocycles. The van der Waals surface area contributed by atoms with E-state index in [0.717, 1.165) is 0 Å². The zero-order valence-corrected chi connectivity index (χ0v) is 11.3. The Kier molecular flexibility index (Phi) is 3.72. The molecule has 0 bridgehead atoms. The van der Waals surface area contributed by atoms with Gasteiger partial charge in [-0.15, -0.1) is 0 Å². The van der Waals surface area contributed by atoms with Crippen LogP contribution in [0.4, 0.5) is 5.82 Å². The molecule has 1 aromatic rings. The summed E-state index contributed by atoms with van der Waals surface area (Å²) in [5.74, 6) is 0.213. The minimum absolute atomic E-state index is 0.158. The molecule has 1 aliphatic rings. The van der Waals surface area contributed by atoms with E-state index in [4.69, 9.17) is 9.88 Å². The number of sulfonamides is 1. The number of hydrogen-bond donors (Lipinski definition) is 1. The fourth-order valence-electron chi connectivity index (χ4n) is 2.11. The number of hydrogen-bond acceptors (Lipinski definition) is 5. The average Bonchev–Trinajstić information content (AvgIpc) is 2.68. The first kappa shape index (κ1) is 13.8. The van der Waals surface area contributed by atoms with Crippen LogP contribution in [0.3, 0.4) is 0 Å². The summed E-state index contributed by atoms with van der Waals surface area (Å²) in [4.78, 5) is 17.5. The van der Waals surface area contributed by atoms with Crippen LogP contribution in [0.5, 0.6) is 5.88 Å². The molecule has 2 N–H and O–H groups in total. The number of nitrogens with two attached hydrogens (primary N) is 1. The summed E-state index contributed by atoms with van der Waals surface area (Å²) in [6.45, 7) is 0.301. The molecule has 2 heterocycles. The SMILES string of the molecule is COc1cccc(N2CC(CS(N)(=O)=O)CC2=O)n1. The third-order valence-electron chi connectivity index (χ3n) is 2.87. The van der Waals surface area contributed by atoms with Gasteiger partial charge in [0.25, 0.3) is 0 Å². The first-order valence-corrected chi connectivity index (χ1v) is 7.42. The van der Waals surface area contributed by atoms with Crippen molar-refractivity contribution in [3.8, 4) is 5.88 Å². The van der Waals surface area contributed by atoms with Crippen molar-refractivity contribution in [2.24, 2.45) is 11.1 Å². The molecule has 2 rings (SSSR count). The number of pyridine rings is 1. The second kappa shape index (κ2) is 5.14. The van der Waals surface area contributed by atoms with Gasteiger partial charge in [0.15, 0.2) is 0 Å². The standard InChI is InChI=1S/C11H15N3O4S/c1-18-10-4-2-3-9(13-10)14-6-8(5-11(14)15)7-19(12,16)17/h2-4,8H,5-7H2,1H3,(H2,12,16,17). The number of anilines is 1. The Hall–Kier alpha value is -1.67. The molecule has 19 heavy (non-hydrogen) atoms. The number of amides is 1. The number of methoxy groups -OCH3 is 1. The van der Waals surface area contributed by atoms with Gasteiger partial charge in [0, 0.05) is 24.9 Å². The molecule has 1 fully saturated rings. The summed E-state index contributed by atoms with van der Waals surface area (Å²) in [6, 6.07) is 5.08. The molecule has 0 spiro atoms. The van der Waals surface area contributed by atoms with Crippen molar-refractivity contribution in [2.45, 2.75) is 6.42 Å². The van der Waals surface area contributed by atoms with E-state index in [2.05, 4.69) is 4.98 Å². The van der Waals surface area contributed by atoms with Crippen LogP contribution in [0.25, 0.3) is 0 Å². The van der Waals surface area contributed by atoms with Crippen molar-refractivity contribution < 1.29 is 17.9 Å². The van der Waals surface area contributed by atoms with Crippen molar-refractivity contribution in [2.75, 3.05) is 24.3 Å². The smallest absolute Gasteiger partial charge is 0.228 e. The van der Waals surface area contributed by atoms with E-state index in [1.807, 2.05) is 0 Å². The summed E-state index contributed by atoms with van der Waals surface area (Å²) < 4.78 is 27.1. The molecule has 1 atom stereocenters. The second-order valence-corrected chi connectivity index (χ2v) is 6.10. The maximum absolute atomic E-state index is 11.9. The largest absolute Gasteiger partial charge is 0.481 e. The second-order valence-electron chi connectivity index (χ2n) is 4.44. The zero-order valence-electron chi connectivity index (χ0n) is 10.4. The van der Waals surface area contributed by atoms with Crippen LogP contribution in [0.1, 0.15) is 6.42 Å². The van der Waals surface area contributed by atoms with Gasteiger partial charge in [0.1, 0.15) is 5.82 Å². The lowest BCUT2D eigenvalue weighted by Gasteiger charge is -2.15. The number of rotatable bonds is 4.